The number of hydrogen-bond donors (Lipinski definition) is 2. The van der Waals surface area contributed by atoms with E-state index in [1.807, 2.05) is 12.1 Å². The van der Waals surface area contributed by atoms with E-state index in [0.717, 1.165) is 5.69 Å². The fraction of sp³-hybridized carbons (Fsp3) is 0.182. The number of nitrogens with zero attached hydrogens (tertiary/aromatic N) is 2. The second kappa shape index (κ2) is 5.46. The zero-order valence-electron chi connectivity index (χ0n) is 9.93. The molecule has 0 atom stereocenters. The lowest BCUT2D eigenvalue weighted by Crippen LogP contribution is -1.99. The summed E-state index contributed by atoms with van der Waals surface area (Å²) in [6.07, 6.45) is 1.54. The van der Waals surface area contributed by atoms with Crippen LogP contribution in [0.1, 0.15) is 0 Å². The molecule has 0 aliphatic carbocycles. The first-order chi connectivity index (χ1) is 8.72. The third kappa shape index (κ3) is 2.75. The van der Waals surface area contributed by atoms with Crippen LogP contribution in [0.2, 0.25) is 0 Å². The molecule has 0 saturated carbocycles. The van der Waals surface area contributed by atoms with E-state index in [-0.39, 0.29) is 0 Å². The zero-order chi connectivity index (χ0) is 13.0. The maximum atomic E-state index is 5.27. The smallest absolute Gasteiger partial charge is 0.215 e. The molecule has 94 valence electrons. The molecule has 0 bridgehead atoms. The second-order valence-electron chi connectivity index (χ2n) is 3.36. The highest BCUT2D eigenvalue weighted by atomic mass is 32.1. The van der Waals surface area contributed by atoms with E-state index in [1.54, 1.807) is 26.5 Å². The van der Waals surface area contributed by atoms with Gasteiger partial charge in [-0.3, -0.25) is 5.10 Å². The van der Waals surface area contributed by atoms with E-state index in [4.69, 9.17) is 21.7 Å². The molecule has 0 saturated heterocycles. The molecule has 2 N–H and O–H groups in total. The molecular weight excluding hydrogens is 252 g/mol. The quantitative estimate of drug-likeness (QED) is 0.826. The van der Waals surface area contributed by atoms with Gasteiger partial charge in [-0.25, -0.2) is 0 Å². The Morgan fingerprint density at radius 1 is 1.28 bits per heavy atom. The maximum Gasteiger partial charge on any atom is 0.215 e. The van der Waals surface area contributed by atoms with Crippen LogP contribution in [0.5, 0.6) is 11.5 Å². The highest BCUT2D eigenvalue weighted by Crippen LogP contribution is 2.30. The molecule has 1 heterocycles. The topological polar surface area (TPSA) is 72.1 Å². The van der Waals surface area contributed by atoms with Crippen LogP contribution in [-0.4, -0.2) is 29.4 Å². The molecule has 2 rings (SSSR count). The molecule has 0 spiro atoms. The monoisotopic (exact) mass is 264 g/mol. The van der Waals surface area contributed by atoms with E-state index in [2.05, 4.69) is 20.5 Å². The minimum Gasteiger partial charge on any atom is -0.497 e. The molecule has 0 radical (unpaired) electrons. The van der Waals surface area contributed by atoms with Crippen molar-refractivity contribution in [3.63, 3.8) is 0 Å². The molecule has 0 fully saturated rings. The first-order valence-corrected chi connectivity index (χ1v) is 5.54. The predicted octanol–water partition coefficient (Wildman–Crippen LogP) is 2.29. The van der Waals surface area contributed by atoms with Gasteiger partial charge in [0, 0.05) is 6.07 Å². The SMILES string of the molecule is COc1ccc(Nc2cn[nH]c(=S)n2)c(OC)c1. The first-order valence-electron chi connectivity index (χ1n) is 5.13. The van der Waals surface area contributed by atoms with Gasteiger partial charge in [-0.1, -0.05) is 0 Å². The van der Waals surface area contributed by atoms with Crippen molar-refractivity contribution < 1.29 is 9.47 Å². The van der Waals surface area contributed by atoms with Gasteiger partial charge in [0.25, 0.3) is 0 Å². The number of aromatic nitrogens is 3. The van der Waals surface area contributed by atoms with Crippen molar-refractivity contribution in [2.45, 2.75) is 0 Å². The number of nitrogens with one attached hydrogen (secondary N) is 2. The average Bonchev–Trinajstić information content (AvgIpc) is 2.39. The number of methoxy groups -OCH3 is 2. The number of anilines is 2. The van der Waals surface area contributed by atoms with Crippen molar-refractivity contribution in [3.05, 3.63) is 29.2 Å². The summed E-state index contributed by atoms with van der Waals surface area (Å²) >= 11 is 4.90. The molecule has 0 amide bonds. The Morgan fingerprint density at radius 2 is 2.11 bits per heavy atom. The van der Waals surface area contributed by atoms with Gasteiger partial charge in [-0.2, -0.15) is 10.1 Å². The number of ether oxygens (including phenoxy) is 2. The van der Waals surface area contributed by atoms with Crippen LogP contribution in [0.4, 0.5) is 11.5 Å². The summed E-state index contributed by atoms with van der Waals surface area (Å²) in [6, 6.07) is 5.43. The average molecular weight is 264 g/mol. The van der Waals surface area contributed by atoms with Crippen LogP contribution in [0.3, 0.4) is 0 Å². The van der Waals surface area contributed by atoms with Gasteiger partial charge < -0.3 is 14.8 Å². The van der Waals surface area contributed by atoms with Crippen LogP contribution in [0, 0.1) is 4.77 Å². The standard InChI is InChI=1S/C11H12N4O2S/c1-16-7-3-4-8(9(5-7)17-2)13-10-6-12-15-11(18)14-10/h3-6H,1-2H3,(H2,13,14,15,18). The minimum absolute atomic E-state index is 0.312. The largest absolute Gasteiger partial charge is 0.497 e. The number of aromatic amines is 1. The Bertz CT molecular complexity index is 600. The highest BCUT2D eigenvalue weighted by molar-refractivity contribution is 7.71. The predicted molar refractivity (Wildman–Crippen MR) is 70.0 cm³/mol. The fourth-order valence-corrected chi connectivity index (χ4v) is 1.56. The minimum atomic E-state index is 0.312. The van der Waals surface area contributed by atoms with Crippen LogP contribution < -0.4 is 14.8 Å². The first kappa shape index (κ1) is 12.3. The molecule has 18 heavy (non-hydrogen) atoms. The molecule has 0 aliphatic rings. The Balaban J connectivity index is 2.31. The zero-order valence-corrected chi connectivity index (χ0v) is 10.7. The molecule has 6 nitrogen and oxygen atoms in total. The second-order valence-corrected chi connectivity index (χ2v) is 3.75. The van der Waals surface area contributed by atoms with Crippen LogP contribution in [0.25, 0.3) is 0 Å². The highest BCUT2D eigenvalue weighted by Gasteiger charge is 2.06. The van der Waals surface area contributed by atoms with E-state index in [0.29, 0.717) is 22.1 Å². The molecule has 2 aromatic rings. The normalized spacial score (nSPS) is 9.89. The summed E-state index contributed by atoms with van der Waals surface area (Å²) in [5.74, 6) is 1.91. The summed E-state index contributed by atoms with van der Waals surface area (Å²) < 4.78 is 10.7. The number of H-pyrrole nitrogens is 1. The lowest BCUT2D eigenvalue weighted by molar-refractivity contribution is 0.395. The lowest BCUT2D eigenvalue weighted by Gasteiger charge is -2.11. The maximum absolute atomic E-state index is 5.27. The van der Waals surface area contributed by atoms with Crippen molar-refractivity contribution >= 4 is 23.7 Å². The van der Waals surface area contributed by atoms with Gasteiger partial charge in [0.15, 0.2) is 5.82 Å². The van der Waals surface area contributed by atoms with E-state index < -0.39 is 0 Å². The van der Waals surface area contributed by atoms with Crippen molar-refractivity contribution in [2.24, 2.45) is 0 Å². The van der Waals surface area contributed by atoms with Crippen molar-refractivity contribution in [2.75, 3.05) is 19.5 Å². The Kier molecular flexibility index (Phi) is 3.73. The van der Waals surface area contributed by atoms with Gasteiger partial charge in [0.1, 0.15) is 11.5 Å². The Labute approximate surface area is 109 Å². The van der Waals surface area contributed by atoms with Gasteiger partial charge in [0.05, 0.1) is 26.1 Å². The fourth-order valence-electron chi connectivity index (χ4n) is 1.41. The lowest BCUT2D eigenvalue weighted by atomic mass is 10.2. The Hall–Kier alpha value is -2.15. The molecule has 7 heteroatoms. The van der Waals surface area contributed by atoms with Gasteiger partial charge in [-0.05, 0) is 24.4 Å². The van der Waals surface area contributed by atoms with Crippen LogP contribution in [0.15, 0.2) is 24.4 Å². The van der Waals surface area contributed by atoms with Crippen molar-refractivity contribution in [1.82, 2.24) is 15.2 Å². The summed E-state index contributed by atoms with van der Waals surface area (Å²) in [7, 11) is 3.19. The van der Waals surface area contributed by atoms with Crippen molar-refractivity contribution in [3.8, 4) is 11.5 Å². The van der Waals surface area contributed by atoms with E-state index in [9.17, 15) is 0 Å². The molecule has 1 aromatic carbocycles. The van der Waals surface area contributed by atoms with E-state index >= 15 is 0 Å². The van der Waals surface area contributed by atoms with Gasteiger partial charge in [-0.15, -0.1) is 0 Å². The molecule has 0 unspecified atom stereocenters. The van der Waals surface area contributed by atoms with Gasteiger partial charge in [0.2, 0.25) is 4.77 Å². The number of hydrogen-bond acceptors (Lipinski definition) is 6. The summed E-state index contributed by atoms with van der Waals surface area (Å²) in [4.78, 5) is 4.09. The Morgan fingerprint density at radius 3 is 2.78 bits per heavy atom. The molecular formula is C11H12N4O2S. The van der Waals surface area contributed by atoms with Crippen LogP contribution >= 0.6 is 12.2 Å². The molecule has 1 aromatic heterocycles. The summed E-state index contributed by atoms with van der Waals surface area (Å²) in [6.45, 7) is 0. The third-order valence-electron chi connectivity index (χ3n) is 2.24. The van der Waals surface area contributed by atoms with E-state index in [1.165, 1.54) is 0 Å². The third-order valence-corrected chi connectivity index (χ3v) is 2.42. The van der Waals surface area contributed by atoms with Gasteiger partial charge >= 0.3 is 0 Å². The molecule has 0 aliphatic heterocycles. The van der Waals surface area contributed by atoms with Crippen LogP contribution in [-0.2, 0) is 0 Å². The summed E-state index contributed by atoms with van der Waals surface area (Å²) in [5.41, 5.74) is 0.758. The summed E-state index contributed by atoms with van der Waals surface area (Å²) in [5, 5.41) is 9.49. The number of rotatable bonds is 4. The number of benzene rings is 1. The van der Waals surface area contributed by atoms with Crippen molar-refractivity contribution in [1.29, 1.82) is 0 Å².